The average molecular weight is 486 g/mol. The van der Waals surface area contributed by atoms with Crippen LogP contribution in [0, 0.1) is 12.8 Å². The number of aryl methyl sites for hydroxylation is 1. The van der Waals surface area contributed by atoms with Gasteiger partial charge in [-0.2, -0.15) is 0 Å². The highest BCUT2D eigenvalue weighted by Crippen LogP contribution is 2.48. The van der Waals surface area contributed by atoms with Gasteiger partial charge in [0.2, 0.25) is 0 Å². The maximum atomic E-state index is 10.1. The van der Waals surface area contributed by atoms with E-state index >= 15 is 0 Å². The summed E-state index contributed by atoms with van der Waals surface area (Å²) in [4.78, 5) is 2.50. The molecule has 3 aromatic rings. The molecule has 2 N–H and O–H groups in total. The second-order valence-corrected chi connectivity index (χ2v) is 10.3. The predicted octanol–water partition coefficient (Wildman–Crippen LogP) is 6.58. The van der Waals surface area contributed by atoms with Crippen LogP contribution < -0.4 is 9.47 Å². The van der Waals surface area contributed by atoms with Gasteiger partial charge >= 0.3 is 0 Å². The van der Waals surface area contributed by atoms with Crippen LogP contribution in [0.5, 0.6) is 23.0 Å². The summed E-state index contributed by atoms with van der Waals surface area (Å²) in [5.74, 6) is 2.79. The number of hydrogen-bond acceptors (Lipinski definition) is 5. The summed E-state index contributed by atoms with van der Waals surface area (Å²) in [7, 11) is 0. The summed E-state index contributed by atoms with van der Waals surface area (Å²) in [6, 6.07) is 19.2. The predicted molar refractivity (Wildman–Crippen MR) is 144 cm³/mol. The third kappa shape index (κ3) is 4.80. The minimum absolute atomic E-state index is 0.205. The number of phenols is 2. The third-order valence-corrected chi connectivity index (χ3v) is 7.53. The van der Waals surface area contributed by atoms with Gasteiger partial charge in [0, 0.05) is 23.7 Å². The van der Waals surface area contributed by atoms with E-state index in [2.05, 4.69) is 37.8 Å². The smallest absolute Gasteiger partial charge is 0.150 e. The molecule has 0 radical (unpaired) electrons. The molecule has 1 unspecified atom stereocenters. The van der Waals surface area contributed by atoms with Crippen LogP contribution >= 0.6 is 0 Å². The zero-order valence-corrected chi connectivity index (χ0v) is 21.5. The second kappa shape index (κ2) is 9.90. The average Bonchev–Trinajstić information content (AvgIpc) is 3.30. The molecule has 2 aliphatic rings. The molecule has 0 amide bonds. The van der Waals surface area contributed by atoms with E-state index in [4.69, 9.17) is 9.47 Å². The zero-order valence-electron chi connectivity index (χ0n) is 21.5. The Bertz CT molecular complexity index is 1280. The summed E-state index contributed by atoms with van der Waals surface area (Å²) in [5.41, 5.74) is 5.93. The van der Waals surface area contributed by atoms with Crippen LogP contribution in [-0.2, 0) is 0 Å². The quantitative estimate of drug-likeness (QED) is 0.413. The third-order valence-electron chi connectivity index (χ3n) is 7.53. The first-order chi connectivity index (χ1) is 17.3. The van der Waals surface area contributed by atoms with Crippen molar-refractivity contribution in [2.75, 3.05) is 19.7 Å². The molecule has 36 heavy (non-hydrogen) atoms. The second-order valence-electron chi connectivity index (χ2n) is 10.3. The summed E-state index contributed by atoms with van der Waals surface area (Å²) in [5, 5.41) is 20.1. The van der Waals surface area contributed by atoms with Crippen molar-refractivity contribution in [2.24, 2.45) is 5.92 Å². The van der Waals surface area contributed by atoms with Crippen molar-refractivity contribution in [3.05, 3.63) is 82.9 Å². The molecule has 5 heteroatoms. The van der Waals surface area contributed by atoms with E-state index in [0.29, 0.717) is 12.6 Å². The number of hydrogen-bond donors (Lipinski definition) is 2. The van der Waals surface area contributed by atoms with Crippen molar-refractivity contribution < 1.29 is 19.7 Å². The maximum Gasteiger partial charge on any atom is 0.150 e. The Morgan fingerprint density at radius 1 is 0.972 bits per heavy atom. The zero-order chi connectivity index (χ0) is 25.4. The fraction of sp³-hybridized carbons (Fsp3) is 0.355. The van der Waals surface area contributed by atoms with Gasteiger partial charge in [-0.05, 0) is 104 Å². The molecular formula is C31H35NO4. The van der Waals surface area contributed by atoms with Crippen molar-refractivity contribution >= 4 is 11.1 Å². The van der Waals surface area contributed by atoms with Crippen molar-refractivity contribution in [1.29, 1.82) is 0 Å². The van der Waals surface area contributed by atoms with E-state index < -0.39 is 0 Å². The SMILES string of the molecule is CC1=C(c2ccc(O)cc2C)C(c2ccc(OC[C@H](C)N3CC[C@@H](C)C3)cc2)Oc2ccc(O)cc21. The summed E-state index contributed by atoms with van der Waals surface area (Å²) in [6.45, 7) is 11.6. The summed E-state index contributed by atoms with van der Waals surface area (Å²) >= 11 is 0. The lowest BCUT2D eigenvalue weighted by atomic mass is 9.84. The van der Waals surface area contributed by atoms with Crippen LogP contribution in [0.2, 0.25) is 0 Å². The van der Waals surface area contributed by atoms with Gasteiger partial charge < -0.3 is 19.7 Å². The van der Waals surface area contributed by atoms with E-state index in [1.807, 2.05) is 31.2 Å². The lowest BCUT2D eigenvalue weighted by molar-refractivity contribution is 0.169. The number of phenolic OH excluding ortho intramolecular Hbond substituents is 2. The Hall–Kier alpha value is -3.44. The van der Waals surface area contributed by atoms with Crippen LogP contribution in [0.1, 0.15) is 55.5 Å². The van der Waals surface area contributed by atoms with Crippen LogP contribution in [-0.4, -0.2) is 40.9 Å². The molecule has 3 atom stereocenters. The first kappa shape index (κ1) is 24.3. The largest absolute Gasteiger partial charge is 0.508 e. The fourth-order valence-corrected chi connectivity index (χ4v) is 5.40. The molecule has 5 nitrogen and oxygen atoms in total. The van der Waals surface area contributed by atoms with Gasteiger partial charge in [-0.1, -0.05) is 25.1 Å². The van der Waals surface area contributed by atoms with Crippen molar-refractivity contribution in [3.8, 4) is 23.0 Å². The number of benzene rings is 3. The first-order valence-electron chi connectivity index (χ1n) is 12.8. The molecule has 188 valence electrons. The normalized spacial score (nSPS) is 20.7. The van der Waals surface area contributed by atoms with Crippen LogP contribution in [0.4, 0.5) is 0 Å². The monoisotopic (exact) mass is 485 g/mol. The molecule has 0 bridgehead atoms. The van der Waals surface area contributed by atoms with E-state index in [1.165, 1.54) is 6.42 Å². The molecule has 3 aromatic carbocycles. The topological polar surface area (TPSA) is 62.2 Å². The molecule has 0 aliphatic carbocycles. The Labute approximate surface area is 213 Å². The summed E-state index contributed by atoms with van der Waals surface area (Å²) < 4.78 is 12.7. The molecule has 0 spiro atoms. The number of rotatable bonds is 6. The molecule has 0 saturated carbocycles. The van der Waals surface area contributed by atoms with Gasteiger partial charge in [-0.3, -0.25) is 4.90 Å². The highest BCUT2D eigenvalue weighted by Gasteiger charge is 2.30. The molecule has 5 rings (SSSR count). The Morgan fingerprint density at radius 2 is 1.69 bits per heavy atom. The molecule has 2 aliphatic heterocycles. The molecule has 1 fully saturated rings. The van der Waals surface area contributed by atoms with Crippen molar-refractivity contribution in [3.63, 3.8) is 0 Å². The highest BCUT2D eigenvalue weighted by molar-refractivity contribution is 5.96. The van der Waals surface area contributed by atoms with Gasteiger partial charge in [0.05, 0.1) is 0 Å². The van der Waals surface area contributed by atoms with Crippen LogP contribution in [0.15, 0.2) is 60.7 Å². The highest BCUT2D eigenvalue weighted by atomic mass is 16.5. The van der Waals surface area contributed by atoms with Crippen LogP contribution in [0.25, 0.3) is 11.1 Å². The Balaban J connectivity index is 1.43. The molecular weight excluding hydrogens is 450 g/mol. The van der Waals surface area contributed by atoms with E-state index in [0.717, 1.165) is 63.9 Å². The number of allylic oxidation sites excluding steroid dienone is 1. The Kier molecular flexibility index (Phi) is 6.67. The number of fused-ring (bicyclic) bond motifs is 1. The number of ether oxygens (including phenoxy) is 2. The standard InChI is InChI=1S/C31H35NO4/c1-19-13-14-32(17-19)21(3)18-35-26-9-5-23(6-10-26)31-30(27-11-7-24(33)15-20(27)2)22(4)28-16-25(34)8-12-29(28)36-31/h5-12,15-16,19,21,31,33-34H,13-14,17-18H2,1-4H3/t19-,21+,31?/m1/s1. The van der Waals surface area contributed by atoms with Gasteiger partial charge in [0.25, 0.3) is 0 Å². The molecule has 0 aromatic heterocycles. The van der Waals surface area contributed by atoms with Crippen molar-refractivity contribution in [2.45, 2.75) is 46.3 Å². The minimum Gasteiger partial charge on any atom is -0.508 e. The first-order valence-corrected chi connectivity index (χ1v) is 12.8. The number of likely N-dealkylation sites (tertiary alicyclic amines) is 1. The lowest BCUT2D eigenvalue weighted by Crippen LogP contribution is -2.35. The maximum absolute atomic E-state index is 10.1. The Morgan fingerprint density at radius 3 is 2.39 bits per heavy atom. The van der Waals surface area contributed by atoms with Crippen molar-refractivity contribution in [1.82, 2.24) is 4.90 Å². The van der Waals surface area contributed by atoms with Gasteiger partial charge in [-0.15, -0.1) is 0 Å². The van der Waals surface area contributed by atoms with Gasteiger partial charge in [0.15, 0.2) is 0 Å². The van der Waals surface area contributed by atoms with Gasteiger partial charge in [-0.25, -0.2) is 0 Å². The number of aromatic hydroxyl groups is 2. The van der Waals surface area contributed by atoms with Gasteiger partial charge in [0.1, 0.15) is 35.7 Å². The molecule has 1 saturated heterocycles. The van der Waals surface area contributed by atoms with E-state index in [-0.39, 0.29) is 17.6 Å². The van der Waals surface area contributed by atoms with E-state index in [9.17, 15) is 10.2 Å². The lowest BCUT2D eigenvalue weighted by Gasteiger charge is -2.32. The minimum atomic E-state index is -0.329. The molecule has 2 heterocycles. The van der Waals surface area contributed by atoms with Crippen LogP contribution in [0.3, 0.4) is 0 Å². The van der Waals surface area contributed by atoms with E-state index in [1.54, 1.807) is 24.3 Å². The number of nitrogens with zero attached hydrogens (tertiary/aromatic N) is 1. The summed E-state index contributed by atoms with van der Waals surface area (Å²) in [6.07, 6.45) is 0.934. The fourth-order valence-electron chi connectivity index (χ4n) is 5.40.